The van der Waals surface area contributed by atoms with Crippen molar-refractivity contribution in [1.82, 2.24) is 5.32 Å². The van der Waals surface area contributed by atoms with Gasteiger partial charge in [0.25, 0.3) is 5.91 Å². The molecule has 1 fully saturated rings. The number of amides is 1. The molecule has 1 aliphatic carbocycles. The standard InChI is InChI=1S/C8H8F3NO/c1-2-7(13)12-6-3-5(4-6)8(9,10)11/h1,5-6H,3-4H2,(H,12,13). The van der Waals surface area contributed by atoms with Gasteiger partial charge in [0.1, 0.15) is 0 Å². The lowest BCUT2D eigenvalue weighted by atomic mass is 9.80. The number of nitrogens with one attached hydrogen (secondary N) is 1. The van der Waals surface area contributed by atoms with Crippen LogP contribution in [0, 0.1) is 18.3 Å². The third-order valence-electron chi connectivity index (χ3n) is 2.07. The van der Waals surface area contributed by atoms with Crippen molar-refractivity contribution in [2.75, 3.05) is 0 Å². The summed E-state index contributed by atoms with van der Waals surface area (Å²) >= 11 is 0. The molecular weight excluding hydrogens is 183 g/mol. The van der Waals surface area contributed by atoms with E-state index in [1.165, 1.54) is 0 Å². The van der Waals surface area contributed by atoms with Gasteiger partial charge in [-0.2, -0.15) is 13.2 Å². The SMILES string of the molecule is C#CC(=O)NC1CC(C(F)(F)F)C1. The molecule has 0 unspecified atom stereocenters. The molecule has 13 heavy (non-hydrogen) atoms. The lowest BCUT2D eigenvalue weighted by Crippen LogP contribution is -2.48. The molecule has 72 valence electrons. The normalized spacial score (nSPS) is 27.2. The highest BCUT2D eigenvalue weighted by Crippen LogP contribution is 2.40. The molecule has 0 heterocycles. The Hall–Kier alpha value is -1.18. The molecule has 1 aliphatic rings. The zero-order valence-electron chi connectivity index (χ0n) is 6.69. The van der Waals surface area contributed by atoms with Crippen molar-refractivity contribution < 1.29 is 18.0 Å². The first-order chi connectivity index (χ1) is 5.93. The Bertz CT molecular complexity index is 247. The van der Waals surface area contributed by atoms with Crippen LogP contribution in [0.25, 0.3) is 0 Å². The van der Waals surface area contributed by atoms with E-state index < -0.39 is 24.0 Å². The predicted octanol–water partition coefficient (Wildman–Crippen LogP) is 1.08. The number of hydrogen-bond donors (Lipinski definition) is 1. The van der Waals surface area contributed by atoms with E-state index in [4.69, 9.17) is 6.42 Å². The van der Waals surface area contributed by atoms with Crippen molar-refractivity contribution >= 4 is 5.91 Å². The van der Waals surface area contributed by atoms with Crippen molar-refractivity contribution in [2.24, 2.45) is 5.92 Å². The molecular formula is C8H8F3NO. The first kappa shape index (κ1) is 9.90. The highest BCUT2D eigenvalue weighted by atomic mass is 19.4. The zero-order valence-corrected chi connectivity index (χ0v) is 6.69. The van der Waals surface area contributed by atoms with Crippen LogP contribution in [0.5, 0.6) is 0 Å². The van der Waals surface area contributed by atoms with Gasteiger partial charge in [-0.25, -0.2) is 0 Å². The minimum Gasteiger partial charge on any atom is -0.343 e. The van der Waals surface area contributed by atoms with Crippen molar-refractivity contribution in [3.05, 3.63) is 0 Å². The smallest absolute Gasteiger partial charge is 0.343 e. The molecule has 1 amide bonds. The van der Waals surface area contributed by atoms with Crippen molar-refractivity contribution in [2.45, 2.75) is 25.1 Å². The Labute approximate surface area is 73.5 Å². The lowest BCUT2D eigenvalue weighted by Gasteiger charge is -2.36. The number of halogens is 3. The van der Waals surface area contributed by atoms with Crippen LogP contribution in [0.15, 0.2) is 0 Å². The molecule has 0 bridgehead atoms. The maximum Gasteiger partial charge on any atom is 0.391 e. The van der Waals surface area contributed by atoms with E-state index in [2.05, 4.69) is 5.32 Å². The molecule has 0 aromatic heterocycles. The molecule has 5 heteroatoms. The molecule has 1 rings (SSSR count). The Morgan fingerprint density at radius 3 is 2.38 bits per heavy atom. The van der Waals surface area contributed by atoms with E-state index in [1.54, 1.807) is 5.92 Å². The summed E-state index contributed by atoms with van der Waals surface area (Å²) in [5.41, 5.74) is 0. The first-order valence-corrected chi connectivity index (χ1v) is 3.77. The van der Waals surface area contributed by atoms with Crippen LogP contribution in [0.2, 0.25) is 0 Å². The molecule has 0 spiro atoms. The number of rotatable bonds is 1. The fraction of sp³-hybridized carbons (Fsp3) is 0.625. The summed E-state index contributed by atoms with van der Waals surface area (Å²) in [6.07, 6.45) is 0.477. The largest absolute Gasteiger partial charge is 0.391 e. The maximum absolute atomic E-state index is 11.9. The fourth-order valence-electron chi connectivity index (χ4n) is 1.23. The fourth-order valence-corrected chi connectivity index (χ4v) is 1.23. The highest BCUT2D eigenvalue weighted by molar-refractivity contribution is 5.93. The quantitative estimate of drug-likeness (QED) is 0.617. The average Bonchev–Trinajstić information content (AvgIpc) is 1.92. The summed E-state index contributed by atoms with van der Waals surface area (Å²) in [6.45, 7) is 0. The summed E-state index contributed by atoms with van der Waals surface area (Å²) in [7, 11) is 0. The molecule has 0 radical (unpaired) electrons. The van der Waals surface area contributed by atoms with Crippen molar-refractivity contribution in [3.8, 4) is 12.3 Å². The zero-order chi connectivity index (χ0) is 10.1. The topological polar surface area (TPSA) is 29.1 Å². The van der Waals surface area contributed by atoms with Crippen LogP contribution >= 0.6 is 0 Å². The van der Waals surface area contributed by atoms with E-state index in [1.807, 2.05) is 0 Å². The molecule has 1 N–H and O–H groups in total. The van der Waals surface area contributed by atoms with Gasteiger partial charge in [0.05, 0.1) is 5.92 Å². The first-order valence-electron chi connectivity index (χ1n) is 3.77. The third kappa shape index (κ3) is 2.38. The van der Waals surface area contributed by atoms with Gasteiger partial charge in [0.2, 0.25) is 0 Å². The predicted molar refractivity (Wildman–Crippen MR) is 39.5 cm³/mol. The van der Waals surface area contributed by atoms with Gasteiger partial charge in [0.15, 0.2) is 0 Å². The summed E-state index contributed by atoms with van der Waals surface area (Å²) in [4.78, 5) is 10.5. The van der Waals surface area contributed by atoms with E-state index >= 15 is 0 Å². The molecule has 0 aromatic rings. The number of terminal acetylenes is 1. The summed E-state index contributed by atoms with van der Waals surface area (Å²) in [6, 6.07) is -0.407. The molecule has 0 saturated heterocycles. The summed E-state index contributed by atoms with van der Waals surface area (Å²) in [5.74, 6) is -0.143. The van der Waals surface area contributed by atoms with Gasteiger partial charge in [0, 0.05) is 6.04 Å². The molecule has 1 saturated carbocycles. The Morgan fingerprint density at radius 2 is 2.00 bits per heavy atom. The summed E-state index contributed by atoms with van der Waals surface area (Å²) < 4.78 is 35.8. The number of carbonyl (C=O) groups is 1. The van der Waals surface area contributed by atoms with Crippen LogP contribution in [-0.2, 0) is 4.79 Å². The van der Waals surface area contributed by atoms with E-state index in [9.17, 15) is 18.0 Å². The average molecular weight is 191 g/mol. The Balaban J connectivity index is 2.27. The minimum absolute atomic E-state index is 0.0586. The monoisotopic (exact) mass is 191 g/mol. The van der Waals surface area contributed by atoms with Crippen LogP contribution in [0.3, 0.4) is 0 Å². The van der Waals surface area contributed by atoms with Gasteiger partial charge in [-0.1, -0.05) is 0 Å². The van der Waals surface area contributed by atoms with Crippen LogP contribution in [0.1, 0.15) is 12.8 Å². The van der Waals surface area contributed by atoms with E-state index in [-0.39, 0.29) is 12.8 Å². The summed E-state index contributed by atoms with van der Waals surface area (Å²) in [5, 5.41) is 2.29. The maximum atomic E-state index is 11.9. The molecule has 0 atom stereocenters. The van der Waals surface area contributed by atoms with Crippen LogP contribution in [0.4, 0.5) is 13.2 Å². The second-order valence-electron chi connectivity index (χ2n) is 3.02. The van der Waals surface area contributed by atoms with Crippen molar-refractivity contribution in [3.63, 3.8) is 0 Å². The number of hydrogen-bond acceptors (Lipinski definition) is 1. The number of carbonyl (C=O) groups excluding carboxylic acids is 1. The van der Waals surface area contributed by atoms with Gasteiger partial charge in [-0.05, 0) is 18.8 Å². The minimum atomic E-state index is -4.14. The Morgan fingerprint density at radius 1 is 1.46 bits per heavy atom. The van der Waals surface area contributed by atoms with Gasteiger partial charge in [-0.15, -0.1) is 6.42 Å². The second kappa shape index (κ2) is 3.29. The van der Waals surface area contributed by atoms with Gasteiger partial charge in [-0.3, -0.25) is 4.79 Å². The van der Waals surface area contributed by atoms with Crippen molar-refractivity contribution in [1.29, 1.82) is 0 Å². The van der Waals surface area contributed by atoms with Crippen LogP contribution < -0.4 is 5.32 Å². The lowest BCUT2D eigenvalue weighted by molar-refractivity contribution is -0.199. The van der Waals surface area contributed by atoms with E-state index in [0.29, 0.717) is 0 Å². The van der Waals surface area contributed by atoms with Crippen LogP contribution in [-0.4, -0.2) is 18.1 Å². The molecule has 0 aromatic carbocycles. The van der Waals surface area contributed by atoms with Gasteiger partial charge < -0.3 is 5.32 Å². The molecule has 2 nitrogen and oxygen atoms in total. The second-order valence-corrected chi connectivity index (χ2v) is 3.02. The molecule has 0 aliphatic heterocycles. The Kier molecular flexibility index (Phi) is 2.50. The number of alkyl halides is 3. The van der Waals surface area contributed by atoms with Gasteiger partial charge >= 0.3 is 6.18 Å². The van der Waals surface area contributed by atoms with E-state index in [0.717, 1.165) is 0 Å². The highest BCUT2D eigenvalue weighted by Gasteiger charge is 2.48. The third-order valence-corrected chi connectivity index (χ3v) is 2.07.